The molecule has 0 saturated carbocycles. The lowest BCUT2D eigenvalue weighted by Gasteiger charge is -2.22. The quantitative estimate of drug-likeness (QED) is 0.471. The molecule has 2 aromatic heterocycles. The number of aromatic nitrogens is 3. The highest BCUT2D eigenvalue weighted by atomic mass is 35.5. The van der Waals surface area contributed by atoms with Crippen LogP contribution in [0.25, 0.3) is 11.4 Å². The highest BCUT2D eigenvalue weighted by Crippen LogP contribution is 2.35. The summed E-state index contributed by atoms with van der Waals surface area (Å²) >= 11 is 6.21. The summed E-state index contributed by atoms with van der Waals surface area (Å²) in [7, 11) is 0. The van der Waals surface area contributed by atoms with Crippen LogP contribution in [-0.4, -0.2) is 46.4 Å². The molecule has 1 aromatic carbocycles. The Morgan fingerprint density at radius 2 is 1.97 bits per heavy atom. The Balaban J connectivity index is 1.68. The van der Waals surface area contributed by atoms with Gasteiger partial charge >= 0.3 is 6.18 Å². The first-order valence-electron chi connectivity index (χ1n) is 11.7. The molecule has 1 aliphatic heterocycles. The van der Waals surface area contributed by atoms with Crippen molar-refractivity contribution in [2.45, 2.75) is 45.6 Å². The highest BCUT2D eigenvalue weighted by molar-refractivity contribution is 6.33. The number of nitrogens with one attached hydrogen (secondary N) is 1. The first-order chi connectivity index (χ1) is 17.1. The van der Waals surface area contributed by atoms with E-state index in [0.29, 0.717) is 31.1 Å². The van der Waals surface area contributed by atoms with Gasteiger partial charge in [-0.2, -0.15) is 13.2 Å². The molecule has 0 unspecified atom stereocenters. The van der Waals surface area contributed by atoms with Crippen molar-refractivity contribution in [3.8, 4) is 11.4 Å². The van der Waals surface area contributed by atoms with Crippen molar-refractivity contribution in [2.24, 2.45) is 0 Å². The highest BCUT2D eigenvalue weighted by Gasteiger charge is 2.35. The Labute approximate surface area is 211 Å². The maximum absolute atomic E-state index is 13.5. The summed E-state index contributed by atoms with van der Waals surface area (Å²) < 4.78 is 46.6. The Hall–Kier alpha value is -3.11. The molecule has 0 aliphatic carbocycles. The van der Waals surface area contributed by atoms with E-state index in [0.717, 1.165) is 18.0 Å². The number of hydrogen-bond acceptors (Lipinski definition) is 6. The summed E-state index contributed by atoms with van der Waals surface area (Å²) in [5, 5.41) is 3.21. The molecular formula is C25H27ClF3N5O2. The van der Waals surface area contributed by atoms with Gasteiger partial charge in [0.15, 0.2) is 0 Å². The zero-order valence-electron chi connectivity index (χ0n) is 20.1. The smallest absolute Gasteiger partial charge is 0.374 e. The largest absolute Gasteiger partial charge is 0.416 e. The summed E-state index contributed by atoms with van der Waals surface area (Å²) in [6.07, 6.45) is -2.98. The number of rotatable bonds is 7. The van der Waals surface area contributed by atoms with Gasteiger partial charge in [0.2, 0.25) is 0 Å². The summed E-state index contributed by atoms with van der Waals surface area (Å²) in [6.45, 7) is 7.32. The zero-order chi connectivity index (χ0) is 26.0. The maximum atomic E-state index is 13.5. The molecule has 7 nitrogen and oxygen atoms in total. The van der Waals surface area contributed by atoms with E-state index in [9.17, 15) is 18.0 Å². The Morgan fingerprint density at radius 1 is 1.19 bits per heavy atom. The fourth-order valence-corrected chi connectivity index (χ4v) is 4.67. The summed E-state index contributed by atoms with van der Waals surface area (Å²) in [5.41, 5.74) is -0.198. The van der Waals surface area contributed by atoms with Crippen molar-refractivity contribution in [3.63, 3.8) is 0 Å². The lowest BCUT2D eigenvalue weighted by molar-refractivity contribution is -0.137. The van der Waals surface area contributed by atoms with Crippen molar-refractivity contribution >= 4 is 23.1 Å². The second-order valence-corrected chi connectivity index (χ2v) is 8.88. The lowest BCUT2D eigenvalue weighted by Crippen LogP contribution is -2.38. The number of anilines is 2. The molecular weight excluding hydrogens is 495 g/mol. The normalized spacial score (nSPS) is 18.0. The fraction of sp³-hybridized carbons (Fsp3) is 0.400. The van der Waals surface area contributed by atoms with Crippen molar-refractivity contribution in [3.05, 3.63) is 69.2 Å². The first-order valence-corrected chi connectivity index (χ1v) is 12.0. The molecule has 3 heterocycles. The molecule has 36 heavy (non-hydrogen) atoms. The van der Waals surface area contributed by atoms with Crippen LogP contribution in [-0.2, 0) is 17.5 Å². The minimum Gasteiger partial charge on any atom is -0.374 e. The number of aryl methyl sites for hydroxylation is 1. The number of nitrogens with zero attached hydrogens (tertiary/aromatic N) is 4. The van der Waals surface area contributed by atoms with Gasteiger partial charge < -0.3 is 15.0 Å². The predicted molar refractivity (Wildman–Crippen MR) is 134 cm³/mol. The van der Waals surface area contributed by atoms with Crippen molar-refractivity contribution in [1.82, 2.24) is 14.5 Å². The second-order valence-electron chi connectivity index (χ2n) is 8.48. The van der Waals surface area contributed by atoms with E-state index in [1.807, 2.05) is 25.1 Å². The van der Waals surface area contributed by atoms with Gasteiger partial charge in [-0.3, -0.25) is 9.36 Å². The molecule has 3 aromatic rings. The van der Waals surface area contributed by atoms with Crippen LogP contribution in [0.5, 0.6) is 0 Å². The van der Waals surface area contributed by atoms with Crippen molar-refractivity contribution in [2.75, 3.05) is 29.9 Å². The average Bonchev–Trinajstić information content (AvgIpc) is 3.24. The third kappa shape index (κ3) is 5.19. The van der Waals surface area contributed by atoms with Gasteiger partial charge in [0.1, 0.15) is 17.3 Å². The minimum absolute atomic E-state index is 0.128. The van der Waals surface area contributed by atoms with Crippen molar-refractivity contribution in [1.29, 1.82) is 0 Å². The van der Waals surface area contributed by atoms with Gasteiger partial charge in [-0.15, -0.1) is 0 Å². The third-order valence-corrected chi connectivity index (χ3v) is 6.47. The van der Waals surface area contributed by atoms with Gasteiger partial charge in [0.25, 0.3) is 5.56 Å². The SMILES string of the molecule is CCO[C@@H]1CN(c2ccccn2)C[C@H]1Nc1c(C)nc(-c2ccc(C(F)(F)F)cc2Cl)n(CC)c1=O. The van der Waals surface area contributed by atoms with Gasteiger partial charge in [-0.1, -0.05) is 17.7 Å². The molecule has 11 heteroatoms. The van der Waals surface area contributed by atoms with Crippen LogP contribution < -0.4 is 15.8 Å². The summed E-state index contributed by atoms with van der Waals surface area (Å²) in [4.78, 5) is 24.6. The molecule has 1 N–H and O–H groups in total. The fourth-order valence-electron chi connectivity index (χ4n) is 4.41. The van der Waals surface area contributed by atoms with Gasteiger partial charge in [-0.25, -0.2) is 9.97 Å². The topological polar surface area (TPSA) is 72.3 Å². The Morgan fingerprint density at radius 3 is 2.58 bits per heavy atom. The van der Waals surface area contributed by atoms with Crippen LogP contribution in [0.1, 0.15) is 25.1 Å². The number of hydrogen-bond donors (Lipinski definition) is 1. The minimum atomic E-state index is -4.52. The van der Waals surface area contributed by atoms with E-state index < -0.39 is 11.7 Å². The van der Waals surface area contributed by atoms with E-state index in [2.05, 4.69) is 20.2 Å². The van der Waals surface area contributed by atoms with Crippen LogP contribution in [0.15, 0.2) is 47.4 Å². The molecule has 4 rings (SSSR count). The van der Waals surface area contributed by atoms with E-state index in [1.165, 1.54) is 10.6 Å². The molecule has 0 bridgehead atoms. The van der Waals surface area contributed by atoms with Gasteiger partial charge in [0.05, 0.1) is 28.4 Å². The number of alkyl halides is 3. The number of ether oxygens (including phenoxy) is 1. The van der Waals surface area contributed by atoms with Gasteiger partial charge in [-0.05, 0) is 51.1 Å². The van der Waals surface area contributed by atoms with Crippen LogP contribution in [0.2, 0.25) is 5.02 Å². The molecule has 1 fully saturated rings. The molecule has 192 valence electrons. The first kappa shape index (κ1) is 26.0. The van der Waals surface area contributed by atoms with Crippen molar-refractivity contribution < 1.29 is 17.9 Å². The van der Waals surface area contributed by atoms with E-state index in [-0.39, 0.29) is 40.7 Å². The molecule has 2 atom stereocenters. The van der Waals surface area contributed by atoms with Crippen LogP contribution >= 0.6 is 11.6 Å². The van der Waals surface area contributed by atoms with Gasteiger partial charge in [0, 0.05) is 38.0 Å². The molecule has 0 spiro atoms. The average molecular weight is 522 g/mol. The Kier molecular flexibility index (Phi) is 7.56. The second kappa shape index (κ2) is 10.5. The number of pyridine rings is 1. The Bertz CT molecular complexity index is 1280. The molecule has 0 amide bonds. The summed E-state index contributed by atoms with van der Waals surface area (Å²) in [6, 6.07) is 8.52. The monoisotopic (exact) mass is 521 g/mol. The van der Waals surface area contributed by atoms with E-state index in [1.54, 1.807) is 20.0 Å². The summed E-state index contributed by atoms with van der Waals surface area (Å²) in [5.74, 6) is 1.03. The molecule has 1 aliphatic rings. The van der Waals surface area contributed by atoms with E-state index >= 15 is 0 Å². The predicted octanol–water partition coefficient (Wildman–Crippen LogP) is 5.01. The number of benzene rings is 1. The van der Waals surface area contributed by atoms with E-state index in [4.69, 9.17) is 16.3 Å². The molecule has 1 saturated heterocycles. The standard InChI is InChI=1S/C25H27ClF3N5O2/c1-4-34-23(17-10-9-16(12-18(17)26)25(27,28)29)31-15(3)22(24(34)35)32-19-13-33(14-20(19)36-5-2)21-8-6-7-11-30-21/h6-12,19-20,32H,4-5,13-14H2,1-3H3/t19-,20-/m1/s1. The van der Waals surface area contributed by atoms with Crippen LogP contribution in [0.4, 0.5) is 24.7 Å². The zero-order valence-corrected chi connectivity index (χ0v) is 20.9. The van der Waals surface area contributed by atoms with Crippen LogP contribution in [0.3, 0.4) is 0 Å². The maximum Gasteiger partial charge on any atom is 0.416 e. The number of halogens is 4. The van der Waals surface area contributed by atoms with Crippen LogP contribution in [0, 0.1) is 6.92 Å². The lowest BCUT2D eigenvalue weighted by atomic mass is 10.1. The molecule has 0 radical (unpaired) electrons. The third-order valence-electron chi connectivity index (χ3n) is 6.15.